The summed E-state index contributed by atoms with van der Waals surface area (Å²) in [4.78, 5) is 13.0. The van der Waals surface area contributed by atoms with Gasteiger partial charge in [-0.05, 0) is 47.0 Å². The number of benzene rings is 1. The van der Waals surface area contributed by atoms with Gasteiger partial charge in [-0.3, -0.25) is 0 Å². The molecule has 1 N–H and O–H groups in total. The summed E-state index contributed by atoms with van der Waals surface area (Å²) in [5, 5.41) is 17.9. The molecule has 0 bridgehead atoms. The van der Waals surface area contributed by atoms with E-state index in [9.17, 15) is 4.79 Å². The summed E-state index contributed by atoms with van der Waals surface area (Å²) in [6.07, 6.45) is 1.55. The highest BCUT2D eigenvalue weighted by atomic mass is 79.9. The number of carboxylic acid groups (broad SMARTS) is 1. The van der Waals surface area contributed by atoms with E-state index in [0.717, 1.165) is 23.1 Å². The molecule has 17 heavy (non-hydrogen) atoms. The van der Waals surface area contributed by atoms with E-state index < -0.39 is 12.0 Å². The zero-order chi connectivity index (χ0) is 12.4. The van der Waals surface area contributed by atoms with E-state index >= 15 is 0 Å². The van der Waals surface area contributed by atoms with Crippen molar-refractivity contribution in [1.82, 2.24) is 0 Å². The molecule has 0 aliphatic carbocycles. The first kappa shape index (κ1) is 11.9. The Morgan fingerprint density at radius 3 is 2.94 bits per heavy atom. The number of carboxylic acids is 1. The predicted octanol–water partition coefficient (Wildman–Crippen LogP) is 2.37. The van der Waals surface area contributed by atoms with E-state index in [1.54, 1.807) is 18.2 Å². The molecule has 5 heteroatoms. The lowest BCUT2D eigenvalue weighted by Gasteiger charge is -2.24. The van der Waals surface area contributed by atoms with Crippen LogP contribution in [0.4, 0.5) is 5.69 Å². The van der Waals surface area contributed by atoms with Crippen LogP contribution in [0.25, 0.3) is 0 Å². The normalized spacial score (nSPS) is 19.1. The Morgan fingerprint density at radius 2 is 2.35 bits per heavy atom. The van der Waals surface area contributed by atoms with Crippen LogP contribution in [0.1, 0.15) is 18.4 Å². The van der Waals surface area contributed by atoms with Gasteiger partial charge in [0.25, 0.3) is 0 Å². The Bertz CT molecular complexity index is 496. The largest absolute Gasteiger partial charge is 0.480 e. The Balaban J connectivity index is 2.34. The Hall–Kier alpha value is -1.54. The van der Waals surface area contributed by atoms with Crippen molar-refractivity contribution in [3.63, 3.8) is 0 Å². The molecule has 0 radical (unpaired) electrons. The molecule has 1 atom stereocenters. The maximum Gasteiger partial charge on any atom is 0.326 e. The maximum absolute atomic E-state index is 11.1. The molecule has 0 spiro atoms. The van der Waals surface area contributed by atoms with Crippen molar-refractivity contribution in [1.29, 1.82) is 5.26 Å². The number of halogens is 1. The monoisotopic (exact) mass is 294 g/mol. The molecule has 0 aromatic heterocycles. The van der Waals surface area contributed by atoms with Crippen molar-refractivity contribution in [3.8, 4) is 6.07 Å². The van der Waals surface area contributed by atoms with Crippen molar-refractivity contribution in [3.05, 3.63) is 28.2 Å². The molecular weight excluding hydrogens is 284 g/mol. The van der Waals surface area contributed by atoms with E-state index in [1.807, 2.05) is 4.90 Å². The van der Waals surface area contributed by atoms with Crippen LogP contribution in [0.15, 0.2) is 22.7 Å². The van der Waals surface area contributed by atoms with Gasteiger partial charge in [-0.2, -0.15) is 5.26 Å². The van der Waals surface area contributed by atoms with Gasteiger partial charge in [0.1, 0.15) is 6.04 Å². The van der Waals surface area contributed by atoms with Crippen LogP contribution < -0.4 is 4.90 Å². The lowest BCUT2D eigenvalue weighted by atomic mass is 10.2. The SMILES string of the molecule is N#Cc1ccc(N2CCC[C@H]2C(=O)O)c(Br)c1. The molecule has 0 unspecified atom stereocenters. The third-order valence-electron chi connectivity index (χ3n) is 2.92. The maximum atomic E-state index is 11.1. The minimum Gasteiger partial charge on any atom is -0.480 e. The first-order chi connectivity index (χ1) is 8.13. The lowest BCUT2D eigenvalue weighted by molar-refractivity contribution is -0.138. The number of nitrogens with zero attached hydrogens (tertiary/aromatic N) is 2. The van der Waals surface area contributed by atoms with E-state index in [-0.39, 0.29) is 0 Å². The van der Waals surface area contributed by atoms with Gasteiger partial charge < -0.3 is 10.0 Å². The molecule has 1 aromatic rings. The smallest absolute Gasteiger partial charge is 0.326 e. The molecule has 1 aliphatic rings. The quantitative estimate of drug-likeness (QED) is 0.909. The van der Waals surface area contributed by atoms with Gasteiger partial charge in [-0.1, -0.05) is 0 Å². The van der Waals surface area contributed by atoms with E-state index in [4.69, 9.17) is 10.4 Å². The van der Waals surface area contributed by atoms with Crippen LogP contribution in [0, 0.1) is 11.3 Å². The van der Waals surface area contributed by atoms with E-state index in [1.165, 1.54) is 0 Å². The molecule has 88 valence electrons. The third kappa shape index (κ3) is 2.27. The molecule has 1 aliphatic heterocycles. The minimum absolute atomic E-state index is 0.459. The van der Waals surface area contributed by atoms with Crippen LogP contribution in [0.5, 0.6) is 0 Å². The average molecular weight is 295 g/mol. The van der Waals surface area contributed by atoms with Gasteiger partial charge in [0.15, 0.2) is 0 Å². The minimum atomic E-state index is -0.793. The van der Waals surface area contributed by atoms with Crippen molar-refractivity contribution >= 4 is 27.6 Å². The number of nitriles is 1. The molecule has 1 saturated heterocycles. The average Bonchev–Trinajstić information content (AvgIpc) is 2.77. The van der Waals surface area contributed by atoms with Crippen molar-refractivity contribution in [2.75, 3.05) is 11.4 Å². The molecule has 1 aromatic carbocycles. The summed E-state index contributed by atoms with van der Waals surface area (Å²) in [5.74, 6) is -0.793. The van der Waals surface area contributed by atoms with Crippen LogP contribution >= 0.6 is 15.9 Å². The summed E-state index contributed by atoms with van der Waals surface area (Å²) >= 11 is 3.39. The van der Waals surface area contributed by atoms with Crippen molar-refractivity contribution in [2.45, 2.75) is 18.9 Å². The standard InChI is InChI=1S/C12H11BrN2O2/c13-9-6-8(7-14)3-4-10(9)15-5-1-2-11(15)12(16)17/h3-4,6,11H,1-2,5H2,(H,16,17)/t11-/m0/s1. The number of anilines is 1. The summed E-state index contributed by atoms with van der Waals surface area (Å²) in [5.41, 5.74) is 1.40. The Kier molecular flexibility index (Phi) is 3.34. The number of hydrogen-bond donors (Lipinski definition) is 1. The highest BCUT2D eigenvalue weighted by molar-refractivity contribution is 9.10. The third-order valence-corrected chi connectivity index (χ3v) is 3.56. The van der Waals surface area contributed by atoms with Crippen molar-refractivity contribution in [2.24, 2.45) is 0 Å². The van der Waals surface area contributed by atoms with Gasteiger partial charge in [0.05, 0.1) is 17.3 Å². The summed E-state index contributed by atoms with van der Waals surface area (Å²) in [6, 6.07) is 6.81. The fourth-order valence-electron chi connectivity index (χ4n) is 2.12. The summed E-state index contributed by atoms with van der Waals surface area (Å²) < 4.78 is 0.768. The highest BCUT2D eigenvalue weighted by Crippen LogP contribution is 2.32. The zero-order valence-corrected chi connectivity index (χ0v) is 10.6. The van der Waals surface area contributed by atoms with Gasteiger partial charge in [-0.25, -0.2) is 4.79 Å². The summed E-state index contributed by atoms with van der Waals surface area (Å²) in [6.45, 7) is 0.738. The number of hydrogen-bond acceptors (Lipinski definition) is 3. The molecule has 0 amide bonds. The van der Waals surface area contributed by atoms with Crippen LogP contribution in [0.2, 0.25) is 0 Å². The second-order valence-corrected chi connectivity index (χ2v) is 4.82. The van der Waals surface area contributed by atoms with E-state index in [0.29, 0.717) is 12.0 Å². The number of aliphatic carboxylic acids is 1. The molecule has 1 heterocycles. The summed E-state index contributed by atoms with van der Waals surface area (Å²) in [7, 11) is 0. The van der Waals surface area contributed by atoms with Crippen LogP contribution in [0.3, 0.4) is 0 Å². The topological polar surface area (TPSA) is 64.3 Å². The fraction of sp³-hybridized carbons (Fsp3) is 0.333. The van der Waals surface area contributed by atoms with Crippen LogP contribution in [-0.2, 0) is 4.79 Å². The second-order valence-electron chi connectivity index (χ2n) is 3.97. The number of carbonyl (C=O) groups is 1. The highest BCUT2D eigenvalue weighted by Gasteiger charge is 2.31. The van der Waals surface area contributed by atoms with Crippen molar-refractivity contribution < 1.29 is 9.90 Å². The van der Waals surface area contributed by atoms with Gasteiger partial charge in [0.2, 0.25) is 0 Å². The van der Waals surface area contributed by atoms with Gasteiger partial charge in [0, 0.05) is 11.0 Å². The van der Waals surface area contributed by atoms with Crippen LogP contribution in [-0.4, -0.2) is 23.7 Å². The molecular formula is C12H11BrN2O2. The fourth-order valence-corrected chi connectivity index (χ4v) is 2.73. The molecule has 1 fully saturated rings. The Labute approximate surface area is 108 Å². The van der Waals surface area contributed by atoms with Gasteiger partial charge >= 0.3 is 5.97 Å². The predicted molar refractivity (Wildman–Crippen MR) is 66.9 cm³/mol. The Morgan fingerprint density at radius 1 is 1.59 bits per heavy atom. The first-order valence-electron chi connectivity index (χ1n) is 5.32. The molecule has 2 rings (SSSR count). The first-order valence-corrected chi connectivity index (χ1v) is 6.12. The molecule has 0 saturated carbocycles. The zero-order valence-electron chi connectivity index (χ0n) is 9.06. The second kappa shape index (κ2) is 4.76. The lowest BCUT2D eigenvalue weighted by Crippen LogP contribution is -2.36. The van der Waals surface area contributed by atoms with E-state index in [2.05, 4.69) is 22.0 Å². The molecule has 4 nitrogen and oxygen atoms in total. The number of rotatable bonds is 2. The van der Waals surface area contributed by atoms with Gasteiger partial charge in [-0.15, -0.1) is 0 Å².